The first-order valence-electron chi connectivity index (χ1n) is 11.9. The molecular weight excluding hydrogens is 448 g/mol. The molecule has 4 aliphatic rings. The first kappa shape index (κ1) is 21.5. The van der Waals surface area contributed by atoms with Gasteiger partial charge in [-0.2, -0.15) is 0 Å². The standard InChI is InChI=1S/C26H24N4O5/c1-29-20-12-18(16(13-5-6-13)11-14(20)7-10-22(29)32)27-17-4-2-3-15-23(17)26(35)30(25(15)34)19-8-9-21(31)28-24(19)33/h2-4,11-13,19,27H,5-10H2,1H3,(H,28,31,33). The zero-order chi connectivity index (χ0) is 24.4. The van der Waals surface area contributed by atoms with Gasteiger partial charge in [0.05, 0.1) is 16.8 Å². The lowest BCUT2D eigenvalue weighted by Crippen LogP contribution is -2.54. The minimum absolute atomic E-state index is 0.0591. The van der Waals surface area contributed by atoms with Crippen molar-refractivity contribution in [2.45, 2.75) is 50.5 Å². The lowest BCUT2D eigenvalue weighted by atomic mass is 9.95. The van der Waals surface area contributed by atoms with Crippen LogP contribution in [0.15, 0.2) is 30.3 Å². The second-order valence-electron chi connectivity index (χ2n) is 9.60. The van der Waals surface area contributed by atoms with Crippen molar-refractivity contribution in [3.8, 4) is 0 Å². The summed E-state index contributed by atoms with van der Waals surface area (Å²) in [5, 5.41) is 5.60. The number of fused-ring (bicyclic) bond motifs is 2. The molecule has 0 spiro atoms. The number of nitrogens with one attached hydrogen (secondary N) is 2. The highest BCUT2D eigenvalue weighted by atomic mass is 16.2. The van der Waals surface area contributed by atoms with Crippen LogP contribution >= 0.6 is 0 Å². The minimum Gasteiger partial charge on any atom is -0.355 e. The van der Waals surface area contributed by atoms with Crippen molar-refractivity contribution >= 4 is 46.6 Å². The van der Waals surface area contributed by atoms with E-state index in [1.165, 1.54) is 0 Å². The van der Waals surface area contributed by atoms with Crippen molar-refractivity contribution in [2.75, 3.05) is 17.3 Å². The van der Waals surface area contributed by atoms with Crippen LogP contribution in [0.3, 0.4) is 0 Å². The number of carbonyl (C=O) groups excluding carboxylic acids is 5. The van der Waals surface area contributed by atoms with Gasteiger partial charge in [0.25, 0.3) is 11.8 Å². The smallest absolute Gasteiger partial charge is 0.264 e. The van der Waals surface area contributed by atoms with E-state index in [0.717, 1.165) is 40.2 Å². The van der Waals surface area contributed by atoms with Crippen LogP contribution in [-0.2, 0) is 20.8 Å². The maximum absolute atomic E-state index is 13.5. The highest BCUT2D eigenvalue weighted by Crippen LogP contribution is 2.47. The van der Waals surface area contributed by atoms with E-state index in [1.54, 1.807) is 30.1 Å². The van der Waals surface area contributed by atoms with Crippen LogP contribution in [0.5, 0.6) is 0 Å². The molecule has 2 aromatic carbocycles. The van der Waals surface area contributed by atoms with Crippen LogP contribution < -0.4 is 15.5 Å². The van der Waals surface area contributed by atoms with Crippen LogP contribution in [0.4, 0.5) is 17.1 Å². The quantitative estimate of drug-likeness (QED) is 0.661. The second-order valence-corrected chi connectivity index (χ2v) is 9.60. The zero-order valence-electron chi connectivity index (χ0n) is 19.2. The average Bonchev–Trinajstić information content (AvgIpc) is 3.64. The van der Waals surface area contributed by atoms with Crippen molar-refractivity contribution in [3.63, 3.8) is 0 Å². The number of piperidine rings is 1. The van der Waals surface area contributed by atoms with E-state index in [0.29, 0.717) is 24.4 Å². The Kier molecular flexibility index (Phi) is 4.77. The van der Waals surface area contributed by atoms with E-state index < -0.39 is 29.7 Å². The molecule has 2 N–H and O–H groups in total. The van der Waals surface area contributed by atoms with Gasteiger partial charge in [-0.25, -0.2) is 0 Å². The predicted molar refractivity (Wildman–Crippen MR) is 127 cm³/mol. The average molecular weight is 473 g/mol. The predicted octanol–water partition coefficient (Wildman–Crippen LogP) is 2.62. The van der Waals surface area contributed by atoms with Gasteiger partial charge in [-0.05, 0) is 60.9 Å². The molecule has 1 saturated heterocycles. The van der Waals surface area contributed by atoms with Gasteiger partial charge in [-0.15, -0.1) is 0 Å². The molecule has 9 heteroatoms. The third kappa shape index (κ3) is 3.41. The minimum atomic E-state index is -1.02. The van der Waals surface area contributed by atoms with Crippen molar-refractivity contribution in [2.24, 2.45) is 0 Å². The molecule has 1 saturated carbocycles. The molecule has 0 bridgehead atoms. The van der Waals surface area contributed by atoms with E-state index in [9.17, 15) is 24.0 Å². The van der Waals surface area contributed by atoms with E-state index in [-0.39, 0.29) is 29.9 Å². The normalized spacial score (nSPS) is 21.7. The molecular formula is C26H24N4O5. The van der Waals surface area contributed by atoms with Crippen molar-refractivity contribution < 1.29 is 24.0 Å². The van der Waals surface area contributed by atoms with Crippen LogP contribution in [0.25, 0.3) is 0 Å². The second kappa shape index (κ2) is 7.76. The Morgan fingerprint density at radius 3 is 2.46 bits per heavy atom. The number of amides is 5. The molecule has 6 rings (SSSR count). The number of anilines is 3. The fraction of sp³-hybridized carbons (Fsp3) is 0.346. The van der Waals surface area contributed by atoms with Gasteiger partial charge in [-0.3, -0.25) is 34.2 Å². The fourth-order valence-corrected chi connectivity index (χ4v) is 5.31. The molecule has 5 amide bonds. The third-order valence-corrected chi connectivity index (χ3v) is 7.35. The first-order valence-corrected chi connectivity index (χ1v) is 11.9. The van der Waals surface area contributed by atoms with Gasteiger partial charge in [0.15, 0.2) is 0 Å². The molecule has 0 radical (unpaired) electrons. The highest BCUT2D eigenvalue weighted by Gasteiger charge is 2.45. The molecule has 35 heavy (non-hydrogen) atoms. The highest BCUT2D eigenvalue weighted by molar-refractivity contribution is 6.25. The molecule has 2 fully saturated rings. The number of carbonyl (C=O) groups is 5. The topological polar surface area (TPSA) is 116 Å². The number of hydrogen-bond acceptors (Lipinski definition) is 6. The third-order valence-electron chi connectivity index (χ3n) is 7.35. The Bertz CT molecular complexity index is 1350. The summed E-state index contributed by atoms with van der Waals surface area (Å²) in [7, 11) is 1.77. The molecule has 1 aliphatic carbocycles. The largest absolute Gasteiger partial charge is 0.355 e. The molecule has 3 aliphatic heterocycles. The Labute approximate surface area is 201 Å². The van der Waals surface area contributed by atoms with E-state index in [4.69, 9.17) is 0 Å². The lowest BCUT2D eigenvalue weighted by molar-refractivity contribution is -0.136. The van der Waals surface area contributed by atoms with Crippen LogP contribution in [0.1, 0.15) is 69.9 Å². The molecule has 0 aromatic heterocycles. The van der Waals surface area contributed by atoms with Crippen molar-refractivity contribution in [1.29, 1.82) is 0 Å². The summed E-state index contributed by atoms with van der Waals surface area (Å²) in [6.45, 7) is 0. The Balaban J connectivity index is 1.38. The van der Waals surface area contributed by atoms with Gasteiger partial charge in [0.1, 0.15) is 6.04 Å². The summed E-state index contributed by atoms with van der Waals surface area (Å²) < 4.78 is 0. The lowest BCUT2D eigenvalue weighted by Gasteiger charge is -2.28. The molecule has 1 atom stereocenters. The molecule has 178 valence electrons. The summed E-state index contributed by atoms with van der Waals surface area (Å²) in [5.74, 6) is -1.66. The monoisotopic (exact) mass is 472 g/mol. The SMILES string of the molecule is CN1C(=O)CCc2cc(C3CC3)c(Nc3cccc4c3C(=O)N(C3CCC(=O)NC3=O)C4=O)cc21. The van der Waals surface area contributed by atoms with Gasteiger partial charge < -0.3 is 10.2 Å². The summed E-state index contributed by atoms with van der Waals surface area (Å²) in [4.78, 5) is 65.5. The summed E-state index contributed by atoms with van der Waals surface area (Å²) >= 11 is 0. The van der Waals surface area contributed by atoms with Gasteiger partial charge in [-0.1, -0.05) is 12.1 Å². The summed E-state index contributed by atoms with van der Waals surface area (Å²) in [5.41, 5.74) is 4.83. The molecule has 3 heterocycles. The van der Waals surface area contributed by atoms with Crippen LogP contribution in [-0.4, -0.2) is 47.5 Å². The number of imide groups is 2. The van der Waals surface area contributed by atoms with E-state index in [2.05, 4.69) is 16.7 Å². The summed E-state index contributed by atoms with van der Waals surface area (Å²) in [6.07, 6.45) is 3.52. The van der Waals surface area contributed by atoms with E-state index in [1.807, 2.05) is 6.07 Å². The van der Waals surface area contributed by atoms with Gasteiger partial charge in [0, 0.05) is 31.3 Å². The number of benzene rings is 2. The fourth-order valence-electron chi connectivity index (χ4n) is 5.31. The van der Waals surface area contributed by atoms with Crippen molar-refractivity contribution in [1.82, 2.24) is 10.2 Å². The Morgan fingerprint density at radius 2 is 1.71 bits per heavy atom. The maximum atomic E-state index is 13.5. The number of nitrogens with zero attached hydrogens (tertiary/aromatic N) is 2. The van der Waals surface area contributed by atoms with Crippen LogP contribution in [0, 0.1) is 0 Å². The Hall–Kier alpha value is -4.01. The number of aryl methyl sites for hydroxylation is 1. The Morgan fingerprint density at radius 1 is 0.914 bits per heavy atom. The maximum Gasteiger partial charge on any atom is 0.264 e. The molecule has 9 nitrogen and oxygen atoms in total. The molecule has 2 aromatic rings. The van der Waals surface area contributed by atoms with Gasteiger partial charge in [0.2, 0.25) is 17.7 Å². The van der Waals surface area contributed by atoms with Crippen molar-refractivity contribution in [3.05, 3.63) is 52.6 Å². The first-order chi connectivity index (χ1) is 16.8. The van der Waals surface area contributed by atoms with Gasteiger partial charge >= 0.3 is 0 Å². The summed E-state index contributed by atoms with van der Waals surface area (Å²) in [6, 6.07) is 8.11. The zero-order valence-corrected chi connectivity index (χ0v) is 19.2. The number of rotatable bonds is 4. The van der Waals surface area contributed by atoms with E-state index >= 15 is 0 Å². The molecule has 1 unspecified atom stereocenters. The van der Waals surface area contributed by atoms with Crippen LogP contribution in [0.2, 0.25) is 0 Å². The number of hydrogen-bond donors (Lipinski definition) is 2.